The summed E-state index contributed by atoms with van der Waals surface area (Å²) >= 11 is 0. The minimum absolute atomic E-state index is 0.250. The van der Waals surface area contributed by atoms with Crippen LogP contribution in [0.3, 0.4) is 0 Å². The van der Waals surface area contributed by atoms with Crippen molar-refractivity contribution in [2.75, 3.05) is 6.61 Å². The van der Waals surface area contributed by atoms with Crippen LogP contribution in [0.1, 0.15) is 67.2 Å². The van der Waals surface area contributed by atoms with Crippen molar-refractivity contribution in [3.05, 3.63) is 48.1 Å². The molecule has 3 aliphatic heterocycles. The Morgan fingerprint density at radius 2 is 1.91 bits per heavy atom. The Morgan fingerprint density at radius 1 is 1.18 bits per heavy atom. The first-order valence-corrected chi connectivity index (χ1v) is 15.9. The molecule has 0 spiro atoms. The Labute approximate surface area is 258 Å². The van der Waals surface area contributed by atoms with Gasteiger partial charge >= 0.3 is 11.9 Å². The molecule has 0 radical (unpaired) electrons. The number of allylic oxidation sites excluding steroid dienone is 3. The lowest BCUT2D eigenvalue weighted by atomic mass is 9.53. The number of rotatable bonds is 10. The fourth-order valence-electron chi connectivity index (χ4n) is 8.75. The van der Waals surface area contributed by atoms with E-state index < -0.39 is 94.8 Å². The molecule has 10 heteroatoms. The number of hydrogen-bond donors (Lipinski definition) is 3. The first-order valence-electron chi connectivity index (χ1n) is 15.9. The van der Waals surface area contributed by atoms with Crippen molar-refractivity contribution < 1.29 is 48.6 Å². The van der Waals surface area contributed by atoms with Crippen molar-refractivity contribution in [1.82, 2.24) is 0 Å². The summed E-state index contributed by atoms with van der Waals surface area (Å²) in [5.41, 5.74) is -6.16. The predicted octanol–water partition coefficient (Wildman–Crippen LogP) is 3.05. The number of aliphatic hydroxyl groups is 3. The van der Waals surface area contributed by atoms with Gasteiger partial charge in [-0.15, -0.1) is 0 Å². The van der Waals surface area contributed by atoms with Crippen LogP contribution in [-0.4, -0.2) is 86.5 Å². The van der Waals surface area contributed by atoms with Gasteiger partial charge < -0.3 is 39.0 Å². The summed E-state index contributed by atoms with van der Waals surface area (Å²) in [6.07, 6.45) is 8.71. The van der Waals surface area contributed by atoms with E-state index in [1.165, 1.54) is 0 Å². The smallest absolute Gasteiger partial charge is 0.308 e. The Kier molecular flexibility index (Phi) is 7.53. The highest BCUT2D eigenvalue weighted by molar-refractivity contribution is 6.05. The maximum atomic E-state index is 13.7. The van der Waals surface area contributed by atoms with Crippen LogP contribution < -0.4 is 0 Å². The number of ketones is 1. The van der Waals surface area contributed by atoms with E-state index in [1.807, 2.05) is 19.1 Å². The highest BCUT2D eigenvalue weighted by atomic mass is 16.9. The van der Waals surface area contributed by atoms with Crippen LogP contribution in [0.4, 0.5) is 0 Å². The largest absolute Gasteiger partial charge is 0.458 e. The zero-order valence-electron chi connectivity index (χ0n) is 26.4. The molecule has 0 unspecified atom stereocenters. The second-order valence-electron chi connectivity index (χ2n) is 13.9. The number of epoxide rings is 1. The van der Waals surface area contributed by atoms with Gasteiger partial charge in [-0.2, -0.15) is 0 Å². The highest BCUT2D eigenvalue weighted by Crippen LogP contribution is 2.73. The fourth-order valence-corrected chi connectivity index (χ4v) is 8.75. The van der Waals surface area contributed by atoms with E-state index >= 15 is 0 Å². The van der Waals surface area contributed by atoms with Gasteiger partial charge in [0.2, 0.25) is 0 Å². The second-order valence-corrected chi connectivity index (χ2v) is 13.9. The van der Waals surface area contributed by atoms with Gasteiger partial charge in [0, 0.05) is 23.8 Å². The van der Waals surface area contributed by atoms with Crippen LogP contribution in [0.2, 0.25) is 0 Å². The van der Waals surface area contributed by atoms with Crippen LogP contribution in [0.5, 0.6) is 0 Å². The number of aliphatic hydroxyl groups excluding tert-OH is 2. The fraction of sp³-hybridized carbons (Fsp3) is 0.706. The van der Waals surface area contributed by atoms with E-state index in [2.05, 4.69) is 13.5 Å². The molecule has 3 aliphatic carbocycles. The number of fused-ring (bicyclic) bond motifs is 3. The van der Waals surface area contributed by atoms with Crippen molar-refractivity contribution >= 4 is 11.8 Å². The molecular weight excluding hydrogens is 568 g/mol. The molecule has 3 N–H and O–H groups in total. The predicted molar refractivity (Wildman–Crippen MR) is 158 cm³/mol. The van der Waals surface area contributed by atoms with E-state index in [-0.39, 0.29) is 5.57 Å². The van der Waals surface area contributed by atoms with Crippen LogP contribution in [0.25, 0.3) is 0 Å². The Morgan fingerprint density at radius 3 is 2.55 bits per heavy atom. The van der Waals surface area contributed by atoms with E-state index in [1.54, 1.807) is 45.9 Å². The first-order chi connectivity index (χ1) is 20.7. The average molecular weight is 615 g/mol. The summed E-state index contributed by atoms with van der Waals surface area (Å²) in [5.74, 6) is -5.98. The normalized spacial score (nSPS) is 48.4. The van der Waals surface area contributed by atoms with Gasteiger partial charge in [-0.25, -0.2) is 0 Å². The third-order valence-corrected chi connectivity index (χ3v) is 11.0. The summed E-state index contributed by atoms with van der Waals surface area (Å²) in [4.78, 5) is 27.0. The van der Waals surface area contributed by atoms with E-state index in [0.717, 1.165) is 25.7 Å². The summed E-state index contributed by atoms with van der Waals surface area (Å²) < 4.78 is 32.9. The van der Waals surface area contributed by atoms with Crippen molar-refractivity contribution in [1.29, 1.82) is 0 Å². The molecule has 12 atom stereocenters. The third-order valence-electron chi connectivity index (χ3n) is 11.0. The summed E-state index contributed by atoms with van der Waals surface area (Å²) in [7, 11) is 0. The van der Waals surface area contributed by atoms with Crippen molar-refractivity contribution in [3.63, 3.8) is 0 Å². The number of ether oxygens (including phenoxy) is 5. The van der Waals surface area contributed by atoms with Crippen molar-refractivity contribution in [2.45, 2.75) is 120 Å². The molecular formula is C34H46O10. The SMILES string of the molecule is C=C(C)[C@@]12O[C@@]3(C=CC=CCCCCC)O[C@@H]1[C@@H]1[C@@H]4O[C@]4(CO)[C@@H](O)[C@]4(O)C(=O)C(C)=C[C@H]4[C@@]1(O3)[C@H](C)[C@H]2OC(=O)C(C)C. The molecule has 6 aliphatic rings. The maximum Gasteiger partial charge on any atom is 0.308 e. The van der Waals surface area contributed by atoms with Gasteiger partial charge in [0.1, 0.15) is 30.0 Å². The molecule has 242 valence electrons. The zero-order chi connectivity index (χ0) is 32.0. The zero-order valence-corrected chi connectivity index (χ0v) is 26.4. The van der Waals surface area contributed by atoms with Crippen LogP contribution >= 0.6 is 0 Å². The van der Waals surface area contributed by atoms with Crippen LogP contribution in [-0.2, 0) is 33.3 Å². The monoisotopic (exact) mass is 614 g/mol. The number of unbranched alkanes of at least 4 members (excludes halogenated alkanes) is 3. The summed E-state index contributed by atoms with van der Waals surface area (Å²) in [6, 6.07) is 0. The minimum Gasteiger partial charge on any atom is -0.458 e. The molecule has 0 amide bonds. The van der Waals surface area contributed by atoms with Crippen molar-refractivity contribution in [2.24, 2.45) is 23.7 Å². The Balaban J connectivity index is 1.55. The van der Waals surface area contributed by atoms with Gasteiger partial charge in [0.15, 0.2) is 17.0 Å². The lowest BCUT2D eigenvalue weighted by Gasteiger charge is -2.61. The second kappa shape index (κ2) is 10.4. The van der Waals surface area contributed by atoms with Gasteiger partial charge in [-0.05, 0) is 37.8 Å². The highest BCUT2D eigenvalue weighted by Gasteiger charge is 2.90. The molecule has 3 bridgehead atoms. The molecule has 0 aromatic rings. The van der Waals surface area contributed by atoms with Gasteiger partial charge in [-0.1, -0.05) is 71.4 Å². The molecule has 0 aromatic carbocycles. The number of Topliss-reactive ketones (excluding diaryl/α,β-unsaturated/α-hetero) is 1. The molecule has 10 nitrogen and oxygen atoms in total. The quantitative estimate of drug-likeness (QED) is 0.110. The lowest BCUT2D eigenvalue weighted by molar-refractivity contribution is -0.407. The number of carbonyl (C=O) groups excluding carboxylic acids is 2. The maximum absolute atomic E-state index is 13.7. The van der Waals surface area contributed by atoms with E-state index in [9.17, 15) is 24.9 Å². The van der Waals surface area contributed by atoms with Crippen LogP contribution in [0, 0.1) is 23.7 Å². The van der Waals surface area contributed by atoms with Gasteiger partial charge in [0.05, 0.1) is 18.1 Å². The van der Waals surface area contributed by atoms with E-state index in [0.29, 0.717) is 5.57 Å². The molecule has 6 rings (SSSR count). The minimum atomic E-state index is -2.39. The molecule has 0 aromatic heterocycles. The van der Waals surface area contributed by atoms with E-state index in [4.69, 9.17) is 23.7 Å². The standard InChI is InChI=1S/C34H46O10/c1-8-9-10-11-12-13-14-15-31-42-27-23-26-30(17-35,41-26)29(38)32(39)22(16-20(6)24(32)36)34(23,44-31)21(7)25(40-28(37)18(2)3)33(27,43-31)19(4)5/h12-16,18,21-23,25-27,29,35,38-39H,4,8-11,17H2,1-3,5-7H3/t21-,22-,23+,25-,26+,27-,29-,30+,31-,32-,33+,34+/m1/s1. The number of hydrogen-bond acceptors (Lipinski definition) is 10. The number of carbonyl (C=O) groups is 2. The van der Waals surface area contributed by atoms with Crippen molar-refractivity contribution in [3.8, 4) is 0 Å². The third kappa shape index (κ3) is 3.85. The molecule has 3 saturated heterocycles. The Bertz CT molecular complexity index is 1330. The van der Waals surface area contributed by atoms with Gasteiger partial charge in [-0.3, -0.25) is 9.59 Å². The molecule has 3 heterocycles. The summed E-state index contributed by atoms with van der Waals surface area (Å²) in [5, 5.41) is 34.7. The summed E-state index contributed by atoms with van der Waals surface area (Å²) in [6.45, 7) is 14.5. The topological polar surface area (TPSA) is 144 Å². The molecule has 2 saturated carbocycles. The molecule has 44 heavy (non-hydrogen) atoms. The lowest BCUT2D eigenvalue weighted by Crippen LogP contribution is -2.76. The Hall–Kier alpha value is -2.18. The average Bonchev–Trinajstić information content (AvgIpc) is 3.61. The first kappa shape index (κ1) is 31.8. The number of esters is 1. The van der Waals surface area contributed by atoms with Gasteiger partial charge in [0.25, 0.3) is 0 Å². The molecule has 5 fully saturated rings. The van der Waals surface area contributed by atoms with Crippen LogP contribution in [0.15, 0.2) is 48.1 Å².